The number of carboxylic acid groups (broad SMARTS) is 1. The zero-order chi connectivity index (χ0) is 11.2. The van der Waals surface area contributed by atoms with Gasteiger partial charge in [-0.15, -0.1) is 0 Å². The Morgan fingerprint density at radius 3 is 2.43 bits per heavy atom. The Labute approximate surface area is 82.7 Å². The fourth-order valence-electron chi connectivity index (χ4n) is 0.668. The van der Waals surface area contributed by atoms with Crippen LogP contribution in [0.4, 0.5) is 0 Å². The van der Waals surface area contributed by atoms with Crippen LogP contribution in [0.5, 0.6) is 0 Å². The van der Waals surface area contributed by atoms with Gasteiger partial charge in [-0.05, 0) is 13.8 Å². The molecule has 14 heavy (non-hydrogen) atoms. The molecule has 0 bridgehead atoms. The highest BCUT2D eigenvalue weighted by atomic mass is 16.4. The first-order valence-electron chi connectivity index (χ1n) is 4.27. The van der Waals surface area contributed by atoms with Crippen LogP contribution in [0.3, 0.4) is 0 Å². The second kappa shape index (κ2) is 5.22. The number of carbonyl (C=O) groups excluding carboxylic acids is 1. The lowest BCUT2D eigenvalue weighted by molar-refractivity contribution is -0.138. The molecule has 0 unspecified atom stereocenters. The van der Waals surface area contributed by atoms with E-state index in [1.807, 2.05) is 6.07 Å². The van der Waals surface area contributed by atoms with E-state index in [0.717, 1.165) is 0 Å². The molecule has 0 aliphatic rings. The van der Waals surface area contributed by atoms with Gasteiger partial charge in [0.15, 0.2) is 0 Å². The van der Waals surface area contributed by atoms with Gasteiger partial charge in [-0.3, -0.25) is 9.59 Å². The molecule has 0 atom stereocenters. The van der Waals surface area contributed by atoms with Crippen LogP contribution in [0.2, 0.25) is 0 Å². The number of hydrogen-bond acceptors (Lipinski definition) is 3. The molecule has 0 aromatic carbocycles. The fraction of sp³-hybridized carbons (Fsp3) is 0.667. The van der Waals surface area contributed by atoms with E-state index in [-0.39, 0.29) is 25.3 Å². The van der Waals surface area contributed by atoms with Crippen molar-refractivity contribution < 1.29 is 14.7 Å². The van der Waals surface area contributed by atoms with E-state index in [1.54, 1.807) is 13.8 Å². The molecule has 0 rings (SSSR count). The summed E-state index contributed by atoms with van der Waals surface area (Å²) >= 11 is 0. The Morgan fingerprint density at radius 1 is 1.43 bits per heavy atom. The first-order valence-corrected chi connectivity index (χ1v) is 4.27. The molecule has 0 aromatic heterocycles. The van der Waals surface area contributed by atoms with Gasteiger partial charge in [-0.2, -0.15) is 5.26 Å². The van der Waals surface area contributed by atoms with Crippen molar-refractivity contribution in [2.75, 3.05) is 6.54 Å². The van der Waals surface area contributed by atoms with Crippen LogP contribution in [-0.2, 0) is 9.59 Å². The Balaban J connectivity index is 3.76. The van der Waals surface area contributed by atoms with Gasteiger partial charge in [0, 0.05) is 13.0 Å². The number of rotatable bonds is 5. The summed E-state index contributed by atoms with van der Waals surface area (Å²) in [5.74, 6) is -1.34. The van der Waals surface area contributed by atoms with Gasteiger partial charge >= 0.3 is 5.97 Å². The number of nitrogens with one attached hydrogen (secondary N) is 1. The number of nitriles is 1. The van der Waals surface area contributed by atoms with Gasteiger partial charge in [0.1, 0.15) is 0 Å². The first kappa shape index (κ1) is 12.4. The topological polar surface area (TPSA) is 90.2 Å². The summed E-state index contributed by atoms with van der Waals surface area (Å²) < 4.78 is 0. The summed E-state index contributed by atoms with van der Waals surface area (Å²) in [6, 6.07) is 2.03. The van der Waals surface area contributed by atoms with E-state index in [1.165, 1.54) is 0 Å². The maximum Gasteiger partial charge on any atom is 0.303 e. The SMILES string of the molecule is CC(C)(C#N)CNC(=O)CCC(=O)O. The maximum atomic E-state index is 11.0. The Morgan fingerprint density at radius 2 is 2.00 bits per heavy atom. The van der Waals surface area contributed by atoms with Crippen molar-refractivity contribution in [2.45, 2.75) is 26.7 Å². The lowest BCUT2D eigenvalue weighted by Crippen LogP contribution is -2.33. The van der Waals surface area contributed by atoms with Crippen LogP contribution in [0, 0.1) is 16.7 Å². The molecule has 0 spiro atoms. The van der Waals surface area contributed by atoms with Crippen molar-refractivity contribution in [3.05, 3.63) is 0 Å². The van der Waals surface area contributed by atoms with Crippen LogP contribution < -0.4 is 5.32 Å². The third-order valence-electron chi connectivity index (χ3n) is 1.60. The average Bonchev–Trinajstić information content (AvgIpc) is 2.11. The highest BCUT2D eigenvalue weighted by Crippen LogP contribution is 2.10. The molecule has 0 aliphatic carbocycles. The molecule has 0 fully saturated rings. The molecule has 0 radical (unpaired) electrons. The molecule has 5 nitrogen and oxygen atoms in total. The van der Waals surface area contributed by atoms with Crippen molar-refractivity contribution in [3.63, 3.8) is 0 Å². The summed E-state index contributed by atoms with van der Waals surface area (Å²) in [7, 11) is 0. The van der Waals surface area contributed by atoms with Crippen molar-refractivity contribution in [3.8, 4) is 6.07 Å². The third-order valence-corrected chi connectivity index (χ3v) is 1.60. The quantitative estimate of drug-likeness (QED) is 0.673. The predicted molar refractivity (Wildman–Crippen MR) is 49.3 cm³/mol. The van der Waals surface area contributed by atoms with Gasteiger partial charge in [-0.25, -0.2) is 0 Å². The van der Waals surface area contributed by atoms with E-state index >= 15 is 0 Å². The van der Waals surface area contributed by atoms with Crippen molar-refractivity contribution in [1.82, 2.24) is 5.32 Å². The van der Waals surface area contributed by atoms with E-state index < -0.39 is 11.4 Å². The van der Waals surface area contributed by atoms with Crippen LogP contribution in [-0.4, -0.2) is 23.5 Å². The summed E-state index contributed by atoms with van der Waals surface area (Å²) in [5.41, 5.74) is -0.612. The minimum absolute atomic E-state index is 0.0448. The Hall–Kier alpha value is -1.57. The molecule has 0 saturated carbocycles. The lowest BCUT2D eigenvalue weighted by Gasteiger charge is -2.15. The van der Waals surface area contributed by atoms with Crippen molar-refractivity contribution in [2.24, 2.45) is 5.41 Å². The van der Waals surface area contributed by atoms with E-state index in [0.29, 0.717) is 0 Å². The maximum absolute atomic E-state index is 11.0. The van der Waals surface area contributed by atoms with Gasteiger partial charge < -0.3 is 10.4 Å². The molecule has 78 valence electrons. The Kier molecular flexibility index (Phi) is 4.64. The van der Waals surface area contributed by atoms with E-state index in [9.17, 15) is 9.59 Å². The van der Waals surface area contributed by atoms with Gasteiger partial charge in [0.2, 0.25) is 5.91 Å². The molecule has 1 amide bonds. The average molecular weight is 198 g/mol. The highest BCUT2D eigenvalue weighted by Gasteiger charge is 2.17. The second-order valence-corrected chi connectivity index (χ2v) is 3.67. The standard InChI is InChI=1S/C9H14N2O3/c1-9(2,5-10)6-11-7(12)3-4-8(13)14/h3-4,6H2,1-2H3,(H,11,12)(H,13,14). The van der Waals surface area contributed by atoms with Crippen LogP contribution in [0.25, 0.3) is 0 Å². The van der Waals surface area contributed by atoms with Crippen LogP contribution in [0.1, 0.15) is 26.7 Å². The first-order chi connectivity index (χ1) is 6.37. The monoisotopic (exact) mass is 198 g/mol. The van der Waals surface area contributed by atoms with E-state index in [4.69, 9.17) is 10.4 Å². The van der Waals surface area contributed by atoms with Crippen molar-refractivity contribution >= 4 is 11.9 Å². The number of carbonyl (C=O) groups is 2. The molecule has 0 aromatic rings. The summed E-state index contributed by atoms with van der Waals surface area (Å²) in [4.78, 5) is 21.2. The fourth-order valence-corrected chi connectivity index (χ4v) is 0.668. The zero-order valence-electron chi connectivity index (χ0n) is 8.33. The van der Waals surface area contributed by atoms with Gasteiger partial charge in [-0.1, -0.05) is 0 Å². The summed E-state index contributed by atoms with van der Waals surface area (Å²) in [5, 5.41) is 19.4. The molecule has 0 heterocycles. The molecule has 0 saturated heterocycles. The second-order valence-electron chi connectivity index (χ2n) is 3.67. The van der Waals surface area contributed by atoms with Crippen molar-refractivity contribution in [1.29, 1.82) is 5.26 Å². The minimum Gasteiger partial charge on any atom is -0.481 e. The van der Waals surface area contributed by atoms with Gasteiger partial charge in [0.25, 0.3) is 0 Å². The van der Waals surface area contributed by atoms with Gasteiger partial charge in [0.05, 0.1) is 17.9 Å². The molecule has 0 aliphatic heterocycles. The van der Waals surface area contributed by atoms with Crippen LogP contribution in [0.15, 0.2) is 0 Å². The molecular weight excluding hydrogens is 184 g/mol. The number of amides is 1. The summed E-state index contributed by atoms with van der Waals surface area (Å²) in [6.45, 7) is 3.64. The lowest BCUT2D eigenvalue weighted by atomic mass is 9.96. The van der Waals surface area contributed by atoms with Crippen LogP contribution >= 0.6 is 0 Å². The molecular formula is C9H14N2O3. The third kappa shape index (κ3) is 6.00. The predicted octanol–water partition coefficient (Wildman–Crippen LogP) is 0.517. The van der Waals surface area contributed by atoms with E-state index in [2.05, 4.69) is 5.32 Å². The highest BCUT2D eigenvalue weighted by molar-refractivity contribution is 5.80. The Bertz CT molecular complexity index is 266. The molecule has 2 N–H and O–H groups in total. The normalized spacial score (nSPS) is 10.4. The number of aliphatic carboxylic acids is 1. The zero-order valence-corrected chi connectivity index (χ0v) is 8.33. The number of nitrogens with zero attached hydrogens (tertiary/aromatic N) is 1. The number of hydrogen-bond donors (Lipinski definition) is 2. The summed E-state index contributed by atoms with van der Waals surface area (Å²) in [6.07, 6.45) is -0.227. The minimum atomic E-state index is -1.00. The largest absolute Gasteiger partial charge is 0.481 e. The smallest absolute Gasteiger partial charge is 0.303 e. The molecule has 5 heteroatoms. The number of carboxylic acids is 1.